The lowest BCUT2D eigenvalue weighted by Crippen LogP contribution is -2.11. The monoisotopic (exact) mass is 310 g/mol. The molecular formula is C15H19BrO2. The molecule has 0 bridgehead atoms. The van der Waals surface area contributed by atoms with Gasteiger partial charge in [0, 0.05) is 6.42 Å². The predicted octanol–water partition coefficient (Wildman–Crippen LogP) is 4.28. The average molecular weight is 311 g/mol. The lowest BCUT2D eigenvalue weighted by atomic mass is 9.86. The van der Waals surface area contributed by atoms with Crippen LogP contribution in [0, 0.1) is 5.92 Å². The van der Waals surface area contributed by atoms with E-state index >= 15 is 0 Å². The molecule has 1 saturated carbocycles. The first-order chi connectivity index (χ1) is 8.70. The predicted molar refractivity (Wildman–Crippen MR) is 76.4 cm³/mol. The van der Waals surface area contributed by atoms with Gasteiger partial charge in [0.2, 0.25) is 0 Å². The van der Waals surface area contributed by atoms with Gasteiger partial charge in [0.05, 0.1) is 12.7 Å². The molecule has 1 fully saturated rings. The van der Waals surface area contributed by atoms with Crippen molar-refractivity contribution in [3.05, 3.63) is 33.9 Å². The largest absolute Gasteiger partial charge is 0.465 e. The highest BCUT2D eigenvalue weighted by atomic mass is 79.9. The maximum atomic E-state index is 11.9. The summed E-state index contributed by atoms with van der Waals surface area (Å²) in [5.41, 5.74) is 1.83. The van der Waals surface area contributed by atoms with Crippen molar-refractivity contribution in [3.63, 3.8) is 0 Å². The molecular weight excluding hydrogens is 292 g/mol. The number of ether oxygens (including phenoxy) is 1. The van der Waals surface area contributed by atoms with E-state index in [9.17, 15) is 4.79 Å². The van der Waals surface area contributed by atoms with Crippen LogP contribution in [0.3, 0.4) is 0 Å². The van der Waals surface area contributed by atoms with Gasteiger partial charge >= 0.3 is 5.97 Å². The minimum Gasteiger partial charge on any atom is -0.465 e. The Morgan fingerprint density at radius 1 is 1.33 bits per heavy atom. The van der Waals surface area contributed by atoms with Gasteiger partial charge in [-0.2, -0.15) is 0 Å². The van der Waals surface area contributed by atoms with Crippen LogP contribution < -0.4 is 0 Å². The molecule has 0 aromatic carbocycles. The number of hydrogen-bond acceptors (Lipinski definition) is 2. The normalized spacial score (nSPS) is 21.6. The van der Waals surface area contributed by atoms with E-state index in [0.717, 1.165) is 22.0 Å². The topological polar surface area (TPSA) is 26.3 Å². The zero-order chi connectivity index (χ0) is 13.0. The number of hydrogen-bond donors (Lipinski definition) is 0. The molecule has 98 valence electrons. The second kappa shape index (κ2) is 6.37. The van der Waals surface area contributed by atoms with Crippen molar-refractivity contribution < 1.29 is 9.53 Å². The van der Waals surface area contributed by atoms with E-state index < -0.39 is 0 Å². The zero-order valence-corrected chi connectivity index (χ0v) is 12.3. The lowest BCUT2D eigenvalue weighted by Gasteiger charge is -2.19. The molecule has 0 aromatic rings. The molecule has 0 radical (unpaired) electrons. The summed E-state index contributed by atoms with van der Waals surface area (Å²) in [5.74, 6) is 0.329. The van der Waals surface area contributed by atoms with Gasteiger partial charge in [-0.3, -0.25) is 0 Å². The second-order valence-electron chi connectivity index (χ2n) is 4.95. The van der Waals surface area contributed by atoms with Crippen LogP contribution in [0.25, 0.3) is 0 Å². The van der Waals surface area contributed by atoms with E-state index in [1.807, 2.05) is 12.2 Å². The van der Waals surface area contributed by atoms with Gasteiger partial charge in [-0.1, -0.05) is 53.4 Å². The van der Waals surface area contributed by atoms with Gasteiger partial charge in [-0.05, 0) is 28.8 Å². The molecule has 0 aliphatic heterocycles. The quantitative estimate of drug-likeness (QED) is 0.574. The van der Waals surface area contributed by atoms with E-state index in [1.54, 1.807) is 0 Å². The summed E-state index contributed by atoms with van der Waals surface area (Å²) in [7, 11) is 1.45. The Balaban J connectivity index is 2.14. The zero-order valence-electron chi connectivity index (χ0n) is 10.7. The number of rotatable bonds is 3. The maximum Gasteiger partial charge on any atom is 0.337 e. The first-order valence-corrected chi connectivity index (χ1v) is 7.35. The van der Waals surface area contributed by atoms with Crippen molar-refractivity contribution in [1.82, 2.24) is 0 Å². The van der Waals surface area contributed by atoms with E-state index in [0.29, 0.717) is 5.92 Å². The maximum absolute atomic E-state index is 11.9. The number of carbonyl (C=O) groups is 1. The number of allylic oxidation sites excluding steroid dienone is 4. The highest BCUT2D eigenvalue weighted by Crippen LogP contribution is 2.32. The van der Waals surface area contributed by atoms with E-state index in [2.05, 4.69) is 22.0 Å². The Kier molecular flexibility index (Phi) is 4.81. The molecule has 3 heteroatoms. The van der Waals surface area contributed by atoms with Crippen LogP contribution in [-0.4, -0.2) is 13.1 Å². The summed E-state index contributed by atoms with van der Waals surface area (Å²) in [5, 5.41) is 0. The van der Waals surface area contributed by atoms with Crippen LogP contribution in [0.15, 0.2) is 33.9 Å². The minimum atomic E-state index is -0.206. The average Bonchev–Trinajstić information content (AvgIpc) is 2.83. The van der Waals surface area contributed by atoms with Crippen molar-refractivity contribution in [2.24, 2.45) is 5.92 Å². The summed E-state index contributed by atoms with van der Waals surface area (Å²) in [4.78, 5) is 11.9. The first-order valence-electron chi connectivity index (χ1n) is 6.56. The van der Waals surface area contributed by atoms with Crippen LogP contribution in [-0.2, 0) is 9.53 Å². The molecule has 0 amide bonds. The van der Waals surface area contributed by atoms with Crippen molar-refractivity contribution in [1.29, 1.82) is 0 Å². The van der Waals surface area contributed by atoms with Crippen molar-refractivity contribution >= 4 is 21.9 Å². The number of halogens is 1. The summed E-state index contributed by atoms with van der Waals surface area (Å²) in [6, 6.07) is 0. The van der Waals surface area contributed by atoms with Gasteiger partial charge in [-0.25, -0.2) is 4.79 Å². The molecule has 0 spiro atoms. The summed E-state index contributed by atoms with van der Waals surface area (Å²) in [6.07, 6.45) is 13.2. The highest BCUT2D eigenvalue weighted by molar-refractivity contribution is 9.11. The fraction of sp³-hybridized carbons (Fsp3) is 0.533. The molecule has 2 aliphatic rings. The molecule has 0 N–H and O–H groups in total. The van der Waals surface area contributed by atoms with Crippen LogP contribution in [0.5, 0.6) is 0 Å². The van der Waals surface area contributed by atoms with Crippen molar-refractivity contribution in [2.75, 3.05) is 7.11 Å². The van der Waals surface area contributed by atoms with Crippen LogP contribution in [0.1, 0.15) is 38.5 Å². The van der Waals surface area contributed by atoms with Gasteiger partial charge in [-0.15, -0.1) is 0 Å². The fourth-order valence-corrected chi connectivity index (χ4v) is 3.06. The molecule has 2 rings (SSSR count). The van der Waals surface area contributed by atoms with E-state index in [-0.39, 0.29) is 5.97 Å². The SMILES string of the molecule is COC(=O)/C(=C\C1CCCCC1)C1=CC=C(Br)C1. The third-order valence-corrected chi connectivity index (χ3v) is 4.17. The summed E-state index contributed by atoms with van der Waals surface area (Å²) >= 11 is 3.47. The number of methoxy groups -OCH3 is 1. The van der Waals surface area contributed by atoms with E-state index in [1.165, 1.54) is 39.2 Å². The smallest absolute Gasteiger partial charge is 0.337 e. The molecule has 0 heterocycles. The molecule has 0 atom stereocenters. The lowest BCUT2D eigenvalue weighted by molar-refractivity contribution is -0.135. The van der Waals surface area contributed by atoms with Crippen LogP contribution >= 0.6 is 15.9 Å². The Labute approximate surface area is 117 Å². The fourth-order valence-electron chi connectivity index (χ4n) is 2.63. The third-order valence-electron chi connectivity index (χ3n) is 3.63. The van der Waals surface area contributed by atoms with Crippen molar-refractivity contribution in [2.45, 2.75) is 38.5 Å². The second-order valence-corrected chi connectivity index (χ2v) is 5.97. The minimum absolute atomic E-state index is 0.206. The molecule has 18 heavy (non-hydrogen) atoms. The summed E-state index contributed by atoms with van der Waals surface area (Å²) in [6.45, 7) is 0. The van der Waals surface area contributed by atoms with E-state index in [4.69, 9.17) is 4.74 Å². The molecule has 0 saturated heterocycles. The Hall–Kier alpha value is -0.830. The van der Waals surface area contributed by atoms with Crippen LogP contribution in [0.4, 0.5) is 0 Å². The first kappa shape index (κ1) is 13.6. The number of esters is 1. The van der Waals surface area contributed by atoms with Gasteiger partial charge in [0.25, 0.3) is 0 Å². The molecule has 0 aromatic heterocycles. The van der Waals surface area contributed by atoms with Gasteiger partial charge in [0.1, 0.15) is 0 Å². The Bertz CT molecular complexity index is 412. The molecule has 0 unspecified atom stereocenters. The molecule has 2 nitrogen and oxygen atoms in total. The van der Waals surface area contributed by atoms with Crippen LogP contribution in [0.2, 0.25) is 0 Å². The van der Waals surface area contributed by atoms with Crippen molar-refractivity contribution in [3.8, 4) is 0 Å². The standard InChI is InChI=1S/C15H19BrO2/c1-18-15(17)14(12-7-8-13(16)10-12)9-11-5-3-2-4-6-11/h7-9,11H,2-6,10H2,1H3/b14-9-. The van der Waals surface area contributed by atoms with Gasteiger partial charge in [0.15, 0.2) is 0 Å². The third kappa shape index (κ3) is 3.35. The molecule has 2 aliphatic carbocycles. The Morgan fingerprint density at radius 3 is 2.61 bits per heavy atom. The highest BCUT2D eigenvalue weighted by Gasteiger charge is 2.21. The van der Waals surface area contributed by atoms with Gasteiger partial charge < -0.3 is 4.74 Å². The Morgan fingerprint density at radius 2 is 2.06 bits per heavy atom. The number of carbonyl (C=O) groups excluding carboxylic acids is 1. The summed E-state index contributed by atoms with van der Waals surface area (Å²) < 4.78 is 6.04.